The average molecular weight is 352 g/mol. The fraction of sp³-hybridized carbons (Fsp3) is 0.615. The quantitative estimate of drug-likeness (QED) is 0.768. The minimum absolute atomic E-state index is 0.0426. The van der Waals surface area contributed by atoms with Crippen LogP contribution < -0.4 is 0 Å². The molecule has 0 unspecified atom stereocenters. The Labute approximate surface area is 135 Å². The van der Waals surface area contributed by atoms with Crippen LogP contribution in [0.4, 0.5) is 0 Å². The third-order valence-electron chi connectivity index (χ3n) is 3.60. The van der Waals surface area contributed by atoms with E-state index < -0.39 is 10.0 Å². The van der Waals surface area contributed by atoms with Crippen molar-refractivity contribution < 1.29 is 8.42 Å². The monoisotopic (exact) mass is 351 g/mol. The van der Waals surface area contributed by atoms with E-state index in [0.717, 1.165) is 0 Å². The number of halogens is 2. The Kier molecular flexibility index (Phi) is 4.85. The summed E-state index contributed by atoms with van der Waals surface area (Å²) in [6, 6.07) is 1.35. The predicted molar refractivity (Wildman–Crippen MR) is 84.3 cm³/mol. The van der Waals surface area contributed by atoms with Gasteiger partial charge in [0.1, 0.15) is 10.0 Å². The maximum absolute atomic E-state index is 12.6. The SMILES string of the molecule is CC(C)(C)N1CCN(S(=O)(=O)c2cnc(Cl)c(Cl)c2)CC1. The number of aromatic nitrogens is 1. The van der Waals surface area contributed by atoms with Gasteiger partial charge < -0.3 is 0 Å². The average Bonchev–Trinajstić information content (AvgIpc) is 2.41. The van der Waals surface area contributed by atoms with Crippen LogP contribution in [0.1, 0.15) is 20.8 Å². The molecule has 0 aromatic carbocycles. The molecule has 0 spiro atoms. The van der Waals surface area contributed by atoms with E-state index in [4.69, 9.17) is 23.2 Å². The van der Waals surface area contributed by atoms with Gasteiger partial charge in [-0.3, -0.25) is 4.90 Å². The zero-order valence-corrected chi connectivity index (χ0v) is 14.6. The molecule has 0 bridgehead atoms. The first kappa shape index (κ1) is 17.0. The molecular formula is C13H19Cl2N3O2S. The third kappa shape index (κ3) is 3.68. The van der Waals surface area contributed by atoms with Gasteiger partial charge in [-0.1, -0.05) is 23.2 Å². The molecule has 8 heteroatoms. The fourth-order valence-electron chi connectivity index (χ4n) is 2.29. The molecule has 1 aliphatic rings. The molecule has 0 N–H and O–H groups in total. The van der Waals surface area contributed by atoms with Gasteiger partial charge in [-0.15, -0.1) is 0 Å². The van der Waals surface area contributed by atoms with Gasteiger partial charge in [-0.2, -0.15) is 4.31 Å². The van der Waals surface area contributed by atoms with E-state index in [9.17, 15) is 8.42 Å². The lowest BCUT2D eigenvalue weighted by Crippen LogP contribution is -2.54. The topological polar surface area (TPSA) is 53.5 Å². The molecule has 118 valence electrons. The lowest BCUT2D eigenvalue weighted by atomic mass is 10.1. The van der Waals surface area contributed by atoms with Gasteiger partial charge in [0.25, 0.3) is 0 Å². The second-order valence-electron chi connectivity index (χ2n) is 6.01. The first-order valence-electron chi connectivity index (χ1n) is 6.68. The van der Waals surface area contributed by atoms with Gasteiger partial charge >= 0.3 is 0 Å². The van der Waals surface area contributed by atoms with Crippen LogP contribution in [0.15, 0.2) is 17.2 Å². The summed E-state index contributed by atoms with van der Waals surface area (Å²) in [6.07, 6.45) is 1.25. The lowest BCUT2D eigenvalue weighted by molar-refractivity contribution is 0.0922. The number of hydrogen-bond donors (Lipinski definition) is 0. The molecular weight excluding hydrogens is 333 g/mol. The van der Waals surface area contributed by atoms with Crippen LogP contribution in [0.5, 0.6) is 0 Å². The molecule has 2 rings (SSSR count). The zero-order chi connectivity index (χ0) is 15.8. The van der Waals surface area contributed by atoms with Crippen molar-refractivity contribution in [1.29, 1.82) is 0 Å². The van der Waals surface area contributed by atoms with E-state index in [1.807, 2.05) is 0 Å². The van der Waals surface area contributed by atoms with Crippen LogP contribution in [0.2, 0.25) is 10.2 Å². The van der Waals surface area contributed by atoms with E-state index in [1.165, 1.54) is 16.6 Å². The smallest absolute Gasteiger partial charge is 0.244 e. The Morgan fingerprint density at radius 3 is 2.19 bits per heavy atom. The van der Waals surface area contributed by atoms with E-state index in [1.54, 1.807) is 0 Å². The minimum Gasteiger partial charge on any atom is -0.296 e. The standard InChI is InChI=1S/C13H19Cl2N3O2S/c1-13(2,3)17-4-6-18(7-5-17)21(19,20)10-8-11(14)12(15)16-9-10/h8-9H,4-7H2,1-3H3. The summed E-state index contributed by atoms with van der Waals surface area (Å²) < 4.78 is 26.6. The normalized spacial score (nSPS) is 18.9. The molecule has 0 aliphatic carbocycles. The van der Waals surface area contributed by atoms with E-state index in [0.29, 0.717) is 26.2 Å². The van der Waals surface area contributed by atoms with E-state index >= 15 is 0 Å². The largest absolute Gasteiger partial charge is 0.296 e. The summed E-state index contributed by atoms with van der Waals surface area (Å²) in [5, 5.41) is 0.249. The molecule has 1 aromatic heterocycles. The Balaban J connectivity index is 2.17. The van der Waals surface area contributed by atoms with Crippen molar-refractivity contribution >= 4 is 33.2 Å². The summed E-state index contributed by atoms with van der Waals surface area (Å²) in [7, 11) is -3.57. The number of pyridine rings is 1. The Morgan fingerprint density at radius 1 is 1.14 bits per heavy atom. The summed E-state index contributed by atoms with van der Waals surface area (Å²) in [4.78, 5) is 6.17. The third-order valence-corrected chi connectivity index (χ3v) is 6.15. The molecule has 21 heavy (non-hydrogen) atoms. The molecule has 2 heterocycles. The van der Waals surface area contributed by atoms with E-state index in [-0.39, 0.29) is 20.6 Å². The van der Waals surface area contributed by atoms with Gasteiger partial charge in [0, 0.05) is 37.9 Å². The molecule has 0 saturated carbocycles. The molecule has 1 saturated heterocycles. The number of nitrogens with zero attached hydrogens (tertiary/aromatic N) is 3. The first-order chi connectivity index (χ1) is 9.62. The number of hydrogen-bond acceptors (Lipinski definition) is 4. The number of rotatable bonds is 2. The maximum Gasteiger partial charge on any atom is 0.244 e. The van der Waals surface area contributed by atoms with Crippen LogP contribution in [-0.2, 0) is 10.0 Å². The van der Waals surface area contributed by atoms with Crippen LogP contribution in [0, 0.1) is 0 Å². The highest BCUT2D eigenvalue weighted by molar-refractivity contribution is 7.89. The lowest BCUT2D eigenvalue weighted by Gasteiger charge is -2.41. The van der Waals surface area contributed by atoms with Crippen LogP contribution in [0.3, 0.4) is 0 Å². The first-order valence-corrected chi connectivity index (χ1v) is 8.88. The highest BCUT2D eigenvalue weighted by atomic mass is 35.5. The molecule has 0 radical (unpaired) electrons. The van der Waals surface area contributed by atoms with Crippen molar-refractivity contribution in [2.24, 2.45) is 0 Å². The Hall–Kier alpha value is -0.400. The van der Waals surface area contributed by atoms with Crippen LogP contribution in [-0.4, -0.2) is 54.3 Å². The Bertz CT molecular complexity index is 621. The summed E-state index contributed by atoms with van der Waals surface area (Å²) in [5.41, 5.74) is 0.0426. The van der Waals surface area contributed by atoms with Crippen molar-refractivity contribution in [1.82, 2.24) is 14.2 Å². The molecule has 1 fully saturated rings. The predicted octanol–water partition coefficient (Wildman–Crippen LogP) is 2.49. The maximum atomic E-state index is 12.6. The minimum atomic E-state index is -3.57. The van der Waals surface area contributed by atoms with Gasteiger partial charge in [-0.05, 0) is 26.8 Å². The van der Waals surface area contributed by atoms with E-state index in [2.05, 4.69) is 30.7 Å². The summed E-state index contributed by atoms with van der Waals surface area (Å²) in [5.74, 6) is 0. The van der Waals surface area contributed by atoms with Gasteiger partial charge in [0.05, 0.1) is 5.02 Å². The van der Waals surface area contributed by atoms with Crippen molar-refractivity contribution in [3.8, 4) is 0 Å². The molecule has 1 aliphatic heterocycles. The zero-order valence-electron chi connectivity index (χ0n) is 12.3. The van der Waals surface area contributed by atoms with Gasteiger partial charge in [0.15, 0.2) is 0 Å². The van der Waals surface area contributed by atoms with Crippen molar-refractivity contribution in [2.75, 3.05) is 26.2 Å². The van der Waals surface area contributed by atoms with Crippen LogP contribution >= 0.6 is 23.2 Å². The second-order valence-corrected chi connectivity index (χ2v) is 8.71. The van der Waals surface area contributed by atoms with Crippen molar-refractivity contribution in [3.05, 3.63) is 22.4 Å². The number of sulfonamides is 1. The second kappa shape index (κ2) is 6.01. The summed E-state index contributed by atoms with van der Waals surface area (Å²) >= 11 is 11.6. The van der Waals surface area contributed by atoms with Gasteiger partial charge in [-0.25, -0.2) is 13.4 Å². The van der Waals surface area contributed by atoms with Crippen LogP contribution in [0.25, 0.3) is 0 Å². The molecule has 5 nitrogen and oxygen atoms in total. The molecule has 1 aromatic rings. The Morgan fingerprint density at radius 2 is 1.71 bits per heavy atom. The molecule has 0 atom stereocenters. The molecule has 0 amide bonds. The highest BCUT2D eigenvalue weighted by Gasteiger charge is 2.32. The fourth-order valence-corrected chi connectivity index (χ4v) is 4.02. The summed E-state index contributed by atoms with van der Waals surface area (Å²) in [6.45, 7) is 8.70. The van der Waals surface area contributed by atoms with Gasteiger partial charge in [0.2, 0.25) is 10.0 Å². The highest BCUT2D eigenvalue weighted by Crippen LogP contribution is 2.25. The van der Waals surface area contributed by atoms with Crippen molar-refractivity contribution in [2.45, 2.75) is 31.2 Å². The van der Waals surface area contributed by atoms with Crippen molar-refractivity contribution in [3.63, 3.8) is 0 Å². The number of piperazine rings is 1.